The predicted octanol–water partition coefficient (Wildman–Crippen LogP) is 3.11. The maximum atomic E-state index is 12.4. The van der Waals surface area contributed by atoms with Crippen LogP contribution in [0.25, 0.3) is 17.0 Å². The Labute approximate surface area is 122 Å². The largest absolute Gasteiger partial charge is 0.357 e. The van der Waals surface area contributed by atoms with E-state index >= 15 is 0 Å². The second-order valence-electron chi connectivity index (χ2n) is 5.10. The van der Waals surface area contributed by atoms with Crippen molar-refractivity contribution < 1.29 is 4.39 Å². The number of hydrogen-bond acceptors (Lipinski definition) is 3. The van der Waals surface area contributed by atoms with Gasteiger partial charge in [0.05, 0.1) is 5.69 Å². The van der Waals surface area contributed by atoms with E-state index in [4.69, 9.17) is 0 Å². The van der Waals surface area contributed by atoms with Crippen LogP contribution in [0.5, 0.6) is 0 Å². The Morgan fingerprint density at radius 1 is 1.24 bits per heavy atom. The van der Waals surface area contributed by atoms with Crippen molar-refractivity contribution in [3.8, 4) is 11.3 Å². The van der Waals surface area contributed by atoms with Gasteiger partial charge in [0.1, 0.15) is 12.5 Å². The summed E-state index contributed by atoms with van der Waals surface area (Å²) < 4.78 is 14.3. The number of nitrogens with zero attached hydrogens (tertiary/aromatic N) is 4. The minimum absolute atomic E-state index is 0.328. The highest BCUT2D eigenvalue weighted by Gasteiger charge is 2.08. The number of halogens is 1. The summed E-state index contributed by atoms with van der Waals surface area (Å²) in [6.07, 6.45) is 3.86. The van der Waals surface area contributed by atoms with Gasteiger partial charge < -0.3 is 4.90 Å². The van der Waals surface area contributed by atoms with Crippen molar-refractivity contribution >= 4 is 11.6 Å². The summed E-state index contributed by atoms with van der Waals surface area (Å²) in [6, 6.07) is 10.1. The Hall–Kier alpha value is -2.43. The van der Waals surface area contributed by atoms with Crippen LogP contribution < -0.4 is 4.90 Å². The molecule has 0 spiro atoms. The van der Waals surface area contributed by atoms with E-state index < -0.39 is 6.67 Å². The summed E-state index contributed by atoms with van der Waals surface area (Å²) >= 11 is 0. The number of aromatic nitrogens is 3. The summed E-state index contributed by atoms with van der Waals surface area (Å²) in [4.78, 5) is 10.8. The summed E-state index contributed by atoms with van der Waals surface area (Å²) in [7, 11) is 1.82. The van der Waals surface area contributed by atoms with E-state index in [1.807, 2.05) is 42.0 Å². The molecule has 2 aromatic heterocycles. The lowest BCUT2D eigenvalue weighted by molar-refractivity contribution is 0.496. The Morgan fingerprint density at radius 2 is 2.10 bits per heavy atom. The molecule has 3 aromatic rings. The normalized spacial score (nSPS) is 11.0. The van der Waals surface area contributed by atoms with E-state index in [2.05, 4.69) is 29.0 Å². The highest BCUT2D eigenvalue weighted by atomic mass is 19.1. The minimum Gasteiger partial charge on any atom is -0.357 e. The molecule has 0 atom stereocenters. The third kappa shape index (κ3) is 2.72. The summed E-state index contributed by atoms with van der Waals surface area (Å²) in [5.74, 6) is 1.34. The van der Waals surface area contributed by atoms with Crippen LogP contribution in [0, 0.1) is 6.92 Å². The SMILES string of the molecule is Cc1cccc(-c2cn3ccc(N(C)CCF)nc3n2)c1. The molecule has 0 bridgehead atoms. The molecule has 0 unspecified atom stereocenters. The number of rotatable bonds is 4. The molecule has 0 aliphatic heterocycles. The quantitative estimate of drug-likeness (QED) is 0.738. The molecule has 0 aliphatic carbocycles. The topological polar surface area (TPSA) is 33.4 Å². The van der Waals surface area contributed by atoms with Gasteiger partial charge >= 0.3 is 0 Å². The summed E-state index contributed by atoms with van der Waals surface area (Å²) in [6.45, 7) is 1.99. The number of aryl methyl sites for hydroxylation is 1. The van der Waals surface area contributed by atoms with Gasteiger partial charge in [-0.3, -0.25) is 4.40 Å². The van der Waals surface area contributed by atoms with Gasteiger partial charge in [0, 0.05) is 31.5 Å². The molecule has 0 saturated carbocycles. The van der Waals surface area contributed by atoms with Crippen molar-refractivity contribution in [2.45, 2.75) is 6.92 Å². The molecule has 1 aromatic carbocycles. The van der Waals surface area contributed by atoms with E-state index in [9.17, 15) is 4.39 Å². The van der Waals surface area contributed by atoms with Crippen molar-refractivity contribution in [1.82, 2.24) is 14.4 Å². The van der Waals surface area contributed by atoms with E-state index in [-0.39, 0.29) is 0 Å². The first-order valence-corrected chi connectivity index (χ1v) is 6.87. The van der Waals surface area contributed by atoms with Gasteiger partial charge in [-0.2, -0.15) is 4.98 Å². The van der Waals surface area contributed by atoms with Gasteiger partial charge in [-0.25, -0.2) is 9.37 Å². The second kappa shape index (κ2) is 5.52. The molecule has 2 heterocycles. The number of benzene rings is 1. The Kier molecular flexibility index (Phi) is 3.56. The first-order valence-electron chi connectivity index (χ1n) is 6.87. The molecule has 5 heteroatoms. The maximum Gasteiger partial charge on any atom is 0.236 e. The molecule has 0 amide bonds. The van der Waals surface area contributed by atoms with Crippen molar-refractivity contribution in [3.05, 3.63) is 48.3 Å². The fourth-order valence-electron chi connectivity index (χ4n) is 2.26. The zero-order valence-electron chi connectivity index (χ0n) is 12.1. The zero-order chi connectivity index (χ0) is 14.8. The third-order valence-electron chi connectivity index (χ3n) is 3.44. The highest BCUT2D eigenvalue weighted by Crippen LogP contribution is 2.20. The van der Waals surface area contributed by atoms with Gasteiger partial charge in [-0.05, 0) is 19.1 Å². The lowest BCUT2D eigenvalue weighted by Crippen LogP contribution is -2.21. The fraction of sp³-hybridized carbons (Fsp3) is 0.250. The molecule has 108 valence electrons. The third-order valence-corrected chi connectivity index (χ3v) is 3.44. The highest BCUT2D eigenvalue weighted by molar-refractivity contribution is 5.62. The van der Waals surface area contributed by atoms with Gasteiger partial charge in [0.2, 0.25) is 5.78 Å². The fourth-order valence-corrected chi connectivity index (χ4v) is 2.26. The number of imidazole rings is 1. The molecule has 0 N–H and O–H groups in total. The molecule has 0 aliphatic rings. The molecule has 3 rings (SSSR count). The molecule has 0 radical (unpaired) electrons. The molecular formula is C16H17FN4. The molecule has 0 saturated heterocycles. The van der Waals surface area contributed by atoms with E-state index in [1.54, 1.807) is 4.90 Å². The number of hydrogen-bond donors (Lipinski definition) is 0. The van der Waals surface area contributed by atoms with Crippen LogP contribution in [0.4, 0.5) is 10.2 Å². The number of anilines is 1. The van der Waals surface area contributed by atoms with Gasteiger partial charge in [-0.15, -0.1) is 0 Å². The minimum atomic E-state index is -0.396. The van der Waals surface area contributed by atoms with Crippen LogP contribution >= 0.6 is 0 Å². The predicted molar refractivity (Wildman–Crippen MR) is 82.4 cm³/mol. The van der Waals surface area contributed by atoms with Crippen LogP contribution in [0.1, 0.15) is 5.56 Å². The van der Waals surface area contributed by atoms with Gasteiger partial charge in [0.25, 0.3) is 0 Å². The number of fused-ring (bicyclic) bond motifs is 1. The van der Waals surface area contributed by atoms with Crippen molar-refractivity contribution in [1.29, 1.82) is 0 Å². The number of alkyl halides is 1. The van der Waals surface area contributed by atoms with E-state index in [1.165, 1.54) is 5.56 Å². The molecule has 0 fully saturated rings. The zero-order valence-corrected chi connectivity index (χ0v) is 12.1. The first kappa shape index (κ1) is 13.5. The van der Waals surface area contributed by atoms with Crippen LogP contribution in [-0.4, -0.2) is 34.6 Å². The lowest BCUT2D eigenvalue weighted by atomic mass is 10.1. The van der Waals surface area contributed by atoms with Crippen LogP contribution in [0.15, 0.2) is 42.7 Å². The maximum absolute atomic E-state index is 12.4. The Bertz CT molecular complexity index is 766. The van der Waals surface area contributed by atoms with Crippen LogP contribution in [0.3, 0.4) is 0 Å². The van der Waals surface area contributed by atoms with Crippen LogP contribution in [-0.2, 0) is 0 Å². The van der Waals surface area contributed by atoms with Gasteiger partial charge in [-0.1, -0.05) is 23.8 Å². The lowest BCUT2D eigenvalue weighted by Gasteiger charge is -2.15. The standard InChI is InChI=1S/C16H17FN4/c1-12-4-3-5-13(10-12)14-11-21-8-6-15(19-16(21)18-14)20(2)9-7-17/h3-6,8,10-11H,7,9H2,1-2H3. The van der Waals surface area contributed by atoms with Crippen LogP contribution in [0.2, 0.25) is 0 Å². The van der Waals surface area contributed by atoms with Gasteiger partial charge in [0.15, 0.2) is 0 Å². The molecule has 4 nitrogen and oxygen atoms in total. The monoisotopic (exact) mass is 284 g/mol. The van der Waals surface area contributed by atoms with Crippen molar-refractivity contribution in [3.63, 3.8) is 0 Å². The smallest absolute Gasteiger partial charge is 0.236 e. The van der Waals surface area contributed by atoms with E-state index in [0.29, 0.717) is 12.3 Å². The average Bonchev–Trinajstić information content (AvgIpc) is 2.90. The Morgan fingerprint density at radius 3 is 2.86 bits per heavy atom. The summed E-state index contributed by atoms with van der Waals surface area (Å²) in [5, 5.41) is 0. The molecular weight excluding hydrogens is 267 g/mol. The van der Waals surface area contributed by atoms with E-state index in [0.717, 1.165) is 17.1 Å². The second-order valence-corrected chi connectivity index (χ2v) is 5.10. The average molecular weight is 284 g/mol. The van der Waals surface area contributed by atoms with Crippen molar-refractivity contribution in [2.75, 3.05) is 25.2 Å². The first-order chi connectivity index (χ1) is 10.2. The molecule has 21 heavy (non-hydrogen) atoms. The summed E-state index contributed by atoms with van der Waals surface area (Å²) in [5.41, 5.74) is 3.15. The van der Waals surface area contributed by atoms with Crippen molar-refractivity contribution in [2.24, 2.45) is 0 Å². The Balaban J connectivity index is 2.00.